The second-order valence-electron chi connectivity index (χ2n) is 5.03. The van der Waals surface area contributed by atoms with Crippen LogP contribution in [-0.2, 0) is 0 Å². The number of aliphatic hydroxyl groups is 1. The predicted octanol–water partition coefficient (Wildman–Crippen LogP) is 3.50. The molecule has 18 heavy (non-hydrogen) atoms. The van der Waals surface area contributed by atoms with E-state index < -0.39 is 6.10 Å². The Morgan fingerprint density at radius 1 is 0.889 bits per heavy atom. The first-order chi connectivity index (χ1) is 8.59. The molecule has 0 radical (unpaired) electrons. The molecule has 2 rings (SSSR count). The lowest BCUT2D eigenvalue weighted by molar-refractivity contribution is 0.143. The Balaban J connectivity index is 2.16. The Kier molecular flexibility index (Phi) is 4.16. The molecule has 2 heteroatoms. The van der Waals surface area contributed by atoms with Gasteiger partial charge in [0, 0.05) is 5.16 Å². The Bertz CT molecular complexity index is 479. The standard InChI is InChI=1S/C16H19OP/c1-16(2,18-14-11-7-4-8-12-14)15(17)13-9-5-3-6-10-13/h3-12,15,17-18H,1-2H3. The monoisotopic (exact) mass is 258 g/mol. The van der Waals surface area contributed by atoms with Crippen LogP contribution in [0.15, 0.2) is 60.7 Å². The maximum absolute atomic E-state index is 10.5. The fraction of sp³-hybridized carbons (Fsp3) is 0.250. The summed E-state index contributed by atoms with van der Waals surface area (Å²) in [5.41, 5.74) is 0.992. The second kappa shape index (κ2) is 5.65. The minimum absolute atomic E-state index is 0.150. The molecule has 2 unspecified atom stereocenters. The number of rotatable bonds is 4. The molecular weight excluding hydrogens is 239 g/mol. The summed E-state index contributed by atoms with van der Waals surface area (Å²) in [5.74, 6) is 0. The van der Waals surface area contributed by atoms with E-state index in [1.165, 1.54) is 5.30 Å². The van der Waals surface area contributed by atoms with Crippen molar-refractivity contribution in [3.05, 3.63) is 66.2 Å². The summed E-state index contributed by atoms with van der Waals surface area (Å²) in [6.07, 6.45) is -0.433. The highest BCUT2D eigenvalue weighted by Crippen LogP contribution is 2.41. The number of benzene rings is 2. The van der Waals surface area contributed by atoms with E-state index in [1.807, 2.05) is 48.5 Å². The zero-order valence-corrected chi connectivity index (χ0v) is 11.8. The van der Waals surface area contributed by atoms with Gasteiger partial charge in [-0.25, -0.2) is 0 Å². The van der Waals surface area contributed by atoms with E-state index in [9.17, 15) is 5.11 Å². The van der Waals surface area contributed by atoms with Gasteiger partial charge in [-0.15, -0.1) is 0 Å². The smallest absolute Gasteiger partial charge is 0.0880 e. The van der Waals surface area contributed by atoms with Crippen molar-refractivity contribution < 1.29 is 5.11 Å². The molecule has 0 fully saturated rings. The van der Waals surface area contributed by atoms with Crippen molar-refractivity contribution in [1.29, 1.82) is 0 Å². The van der Waals surface area contributed by atoms with E-state index >= 15 is 0 Å². The molecule has 0 aliphatic heterocycles. The third kappa shape index (κ3) is 3.19. The highest BCUT2D eigenvalue weighted by Gasteiger charge is 2.29. The van der Waals surface area contributed by atoms with E-state index in [4.69, 9.17) is 0 Å². The van der Waals surface area contributed by atoms with Crippen LogP contribution in [0.1, 0.15) is 25.5 Å². The van der Waals surface area contributed by atoms with E-state index in [-0.39, 0.29) is 5.16 Å². The normalized spacial score (nSPS) is 13.9. The molecule has 94 valence electrons. The molecule has 0 bridgehead atoms. The van der Waals surface area contributed by atoms with Crippen molar-refractivity contribution in [2.24, 2.45) is 0 Å². The minimum Gasteiger partial charge on any atom is -0.387 e. The molecule has 0 amide bonds. The van der Waals surface area contributed by atoms with Gasteiger partial charge in [-0.2, -0.15) is 0 Å². The van der Waals surface area contributed by atoms with Crippen molar-refractivity contribution >= 4 is 13.9 Å². The summed E-state index contributed by atoms with van der Waals surface area (Å²) in [5, 5.41) is 11.7. The highest BCUT2D eigenvalue weighted by molar-refractivity contribution is 7.49. The van der Waals surface area contributed by atoms with Crippen LogP contribution in [0.4, 0.5) is 0 Å². The maximum atomic E-state index is 10.5. The molecular formula is C16H19OP. The second-order valence-corrected chi connectivity index (χ2v) is 7.14. The Hall–Kier alpha value is -1.17. The van der Waals surface area contributed by atoms with E-state index in [1.54, 1.807) is 0 Å². The summed E-state index contributed by atoms with van der Waals surface area (Å²) in [6.45, 7) is 4.24. The van der Waals surface area contributed by atoms with E-state index in [0.717, 1.165) is 5.56 Å². The average molecular weight is 258 g/mol. The molecule has 2 aromatic rings. The molecule has 1 nitrogen and oxygen atoms in total. The summed E-state index contributed by atoms with van der Waals surface area (Å²) in [7, 11) is 0.587. The lowest BCUT2D eigenvalue weighted by Gasteiger charge is -2.31. The largest absolute Gasteiger partial charge is 0.387 e. The molecule has 2 aromatic carbocycles. The predicted molar refractivity (Wildman–Crippen MR) is 79.9 cm³/mol. The molecule has 0 spiro atoms. The first-order valence-electron chi connectivity index (χ1n) is 6.16. The first-order valence-corrected chi connectivity index (χ1v) is 7.16. The van der Waals surface area contributed by atoms with Crippen LogP contribution in [-0.4, -0.2) is 10.3 Å². The van der Waals surface area contributed by atoms with Crippen LogP contribution in [0.3, 0.4) is 0 Å². The summed E-state index contributed by atoms with van der Waals surface area (Å²) < 4.78 is 0. The van der Waals surface area contributed by atoms with Crippen molar-refractivity contribution in [2.75, 3.05) is 0 Å². The molecule has 1 N–H and O–H groups in total. The van der Waals surface area contributed by atoms with Crippen LogP contribution >= 0.6 is 8.58 Å². The number of hydrogen-bond acceptors (Lipinski definition) is 1. The molecule has 0 aliphatic rings. The molecule has 2 atom stereocenters. The molecule has 0 saturated carbocycles. The maximum Gasteiger partial charge on any atom is 0.0880 e. The van der Waals surface area contributed by atoms with Gasteiger partial charge in [0.05, 0.1) is 6.10 Å². The zero-order chi connectivity index (χ0) is 13.0. The number of aliphatic hydroxyl groups excluding tert-OH is 1. The third-order valence-electron chi connectivity index (χ3n) is 3.04. The van der Waals surface area contributed by atoms with Crippen LogP contribution < -0.4 is 5.30 Å². The molecule has 0 heterocycles. The van der Waals surface area contributed by atoms with Crippen LogP contribution in [0, 0.1) is 0 Å². The Morgan fingerprint density at radius 2 is 1.39 bits per heavy atom. The van der Waals surface area contributed by atoms with Gasteiger partial charge < -0.3 is 5.11 Å². The number of hydrogen-bond donors (Lipinski definition) is 1. The molecule has 0 saturated heterocycles. The van der Waals surface area contributed by atoms with Crippen molar-refractivity contribution in [2.45, 2.75) is 25.1 Å². The van der Waals surface area contributed by atoms with Gasteiger partial charge in [-0.05, 0) is 10.9 Å². The molecule has 0 aliphatic carbocycles. The molecule has 0 aromatic heterocycles. The van der Waals surface area contributed by atoms with Gasteiger partial charge in [0.2, 0.25) is 0 Å². The topological polar surface area (TPSA) is 20.2 Å². The average Bonchev–Trinajstić information content (AvgIpc) is 2.39. The highest BCUT2D eigenvalue weighted by atomic mass is 31.1. The quantitative estimate of drug-likeness (QED) is 0.832. The lowest BCUT2D eigenvalue weighted by Crippen LogP contribution is -2.26. The van der Waals surface area contributed by atoms with Crippen molar-refractivity contribution in [3.8, 4) is 0 Å². The van der Waals surface area contributed by atoms with Gasteiger partial charge in [0.25, 0.3) is 0 Å². The summed E-state index contributed by atoms with van der Waals surface area (Å²) in [4.78, 5) is 0. The van der Waals surface area contributed by atoms with E-state index in [0.29, 0.717) is 8.58 Å². The lowest BCUT2D eigenvalue weighted by atomic mass is 9.98. The summed E-state index contributed by atoms with van der Waals surface area (Å²) in [6, 6.07) is 20.3. The third-order valence-corrected chi connectivity index (χ3v) is 4.58. The Labute approximate surface area is 111 Å². The SMILES string of the molecule is CC(C)(Pc1ccccc1)C(O)c1ccccc1. The van der Waals surface area contributed by atoms with Crippen molar-refractivity contribution in [3.63, 3.8) is 0 Å². The van der Waals surface area contributed by atoms with E-state index in [2.05, 4.69) is 26.0 Å². The van der Waals surface area contributed by atoms with Gasteiger partial charge >= 0.3 is 0 Å². The van der Waals surface area contributed by atoms with Crippen LogP contribution in [0.5, 0.6) is 0 Å². The summed E-state index contributed by atoms with van der Waals surface area (Å²) >= 11 is 0. The van der Waals surface area contributed by atoms with Gasteiger partial charge in [0.15, 0.2) is 0 Å². The van der Waals surface area contributed by atoms with Gasteiger partial charge in [0.1, 0.15) is 0 Å². The van der Waals surface area contributed by atoms with Crippen LogP contribution in [0.25, 0.3) is 0 Å². The Morgan fingerprint density at radius 3 is 1.94 bits per heavy atom. The minimum atomic E-state index is -0.433. The van der Waals surface area contributed by atoms with Gasteiger partial charge in [-0.1, -0.05) is 83.1 Å². The zero-order valence-electron chi connectivity index (χ0n) is 10.8. The van der Waals surface area contributed by atoms with Crippen LogP contribution in [0.2, 0.25) is 0 Å². The fourth-order valence-corrected chi connectivity index (χ4v) is 3.42. The van der Waals surface area contributed by atoms with Crippen molar-refractivity contribution in [1.82, 2.24) is 0 Å². The first kappa shape index (κ1) is 13.3. The fourth-order valence-electron chi connectivity index (χ4n) is 2.01. The van der Waals surface area contributed by atoms with Gasteiger partial charge in [-0.3, -0.25) is 0 Å².